The first kappa shape index (κ1) is 9.21. The van der Waals surface area contributed by atoms with Crippen LogP contribution in [0.3, 0.4) is 0 Å². The number of aliphatic carboxylic acids is 1. The van der Waals surface area contributed by atoms with Gasteiger partial charge in [0.2, 0.25) is 0 Å². The lowest BCUT2D eigenvalue weighted by Gasteiger charge is -2.03. The van der Waals surface area contributed by atoms with Crippen LogP contribution >= 0.6 is 0 Å². The van der Waals surface area contributed by atoms with Crippen molar-refractivity contribution in [3.63, 3.8) is 0 Å². The van der Waals surface area contributed by atoms with Crippen LogP contribution in [0.15, 0.2) is 36.4 Å². The van der Waals surface area contributed by atoms with E-state index in [9.17, 15) is 4.79 Å². The summed E-state index contributed by atoms with van der Waals surface area (Å²) in [5, 5.41) is 11.1. The highest BCUT2D eigenvalue weighted by atomic mass is 16.5. The summed E-state index contributed by atoms with van der Waals surface area (Å²) < 4.78 is 5.38. The lowest BCUT2D eigenvalue weighted by molar-refractivity contribution is -0.144. The third-order valence-electron chi connectivity index (χ3n) is 2.93. The Kier molecular flexibility index (Phi) is 1.86. The van der Waals surface area contributed by atoms with Gasteiger partial charge in [0.25, 0.3) is 0 Å². The van der Waals surface area contributed by atoms with Crippen molar-refractivity contribution in [1.82, 2.24) is 0 Å². The zero-order valence-electron chi connectivity index (χ0n) is 8.51. The second kappa shape index (κ2) is 3.23. The quantitative estimate of drug-likeness (QED) is 0.791. The first-order valence-corrected chi connectivity index (χ1v) is 5.16. The normalized spacial score (nSPS) is 18.1. The Morgan fingerprint density at radius 2 is 2.06 bits per heavy atom. The van der Waals surface area contributed by atoms with Crippen molar-refractivity contribution in [3.8, 4) is 5.75 Å². The second-order valence-corrected chi connectivity index (χ2v) is 3.91. The molecule has 0 unspecified atom stereocenters. The minimum absolute atomic E-state index is 0.450. The maximum absolute atomic E-state index is 10.9. The van der Waals surface area contributed by atoms with E-state index in [1.165, 1.54) is 0 Å². The van der Waals surface area contributed by atoms with Crippen molar-refractivity contribution in [2.45, 2.75) is 12.5 Å². The van der Waals surface area contributed by atoms with Crippen LogP contribution < -0.4 is 4.74 Å². The van der Waals surface area contributed by atoms with Crippen molar-refractivity contribution in [1.29, 1.82) is 0 Å². The van der Waals surface area contributed by atoms with E-state index >= 15 is 0 Å². The minimum Gasteiger partial charge on any atom is -0.478 e. The van der Waals surface area contributed by atoms with E-state index in [0.717, 1.165) is 16.3 Å². The van der Waals surface area contributed by atoms with Crippen LogP contribution in [0.2, 0.25) is 0 Å². The fourth-order valence-corrected chi connectivity index (χ4v) is 2.15. The van der Waals surface area contributed by atoms with E-state index < -0.39 is 12.1 Å². The van der Waals surface area contributed by atoms with E-state index in [1.807, 2.05) is 36.4 Å². The van der Waals surface area contributed by atoms with Gasteiger partial charge in [-0.3, -0.25) is 0 Å². The van der Waals surface area contributed by atoms with Gasteiger partial charge in [0.1, 0.15) is 5.75 Å². The molecule has 1 aliphatic heterocycles. The molecule has 1 N–H and O–H groups in total. The number of benzene rings is 2. The molecule has 1 heterocycles. The smallest absolute Gasteiger partial charge is 0.345 e. The molecular weight excluding hydrogens is 204 g/mol. The van der Waals surface area contributed by atoms with Gasteiger partial charge in [-0.1, -0.05) is 30.3 Å². The van der Waals surface area contributed by atoms with Crippen molar-refractivity contribution < 1.29 is 14.6 Å². The summed E-state index contributed by atoms with van der Waals surface area (Å²) in [5.41, 5.74) is 1.01. The summed E-state index contributed by atoms with van der Waals surface area (Å²) in [4.78, 5) is 10.9. The predicted molar refractivity (Wildman–Crippen MR) is 59.7 cm³/mol. The summed E-state index contributed by atoms with van der Waals surface area (Å²) >= 11 is 0. The lowest BCUT2D eigenvalue weighted by Crippen LogP contribution is -2.24. The van der Waals surface area contributed by atoms with Crippen LogP contribution in [0.25, 0.3) is 10.8 Å². The molecule has 3 heteroatoms. The summed E-state index contributed by atoms with van der Waals surface area (Å²) in [6.07, 6.45) is -0.285. The van der Waals surface area contributed by atoms with Crippen LogP contribution in [0, 0.1) is 0 Å². The van der Waals surface area contributed by atoms with Crippen LogP contribution in [-0.2, 0) is 11.2 Å². The van der Waals surface area contributed by atoms with Gasteiger partial charge in [-0.25, -0.2) is 4.79 Å². The highest BCUT2D eigenvalue weighted by Gasteiger charge is 2.29. The van der Waals surface area contributed by atoms with Crippen LogP contribution in [0.5, 0.6) is 5.75 Å². The van der Waals surface area contributed by atoms with Gasteiger partial charge in [-0.15, -0.1) is 0 Å². The Bertz CT molecular complexity index is 574. The Morgan fingerprint density at radius 3 is 2.88 bits per heavy atom. The third-order valence-corrected chi connectivity index (χ3v) is 2.93. The molecule has 0 saturated heterocycles. The van der Waals surface area contributed by atoms with Crippen LogP contribution in [-0.4, -0.2) is 17.2 Å². The van der Waals surface area contributed by atoms with Crippen molar-refractivity contribution >= 4 is 16.7 Å². The molecule has 16 heavy (non-hydrogen) atoms. The number of hydrogen-bond donors (Lipinski definition) is 1. The number of ether oxygens (including phenoxy) is 1. The largest absolute Gasteiger partial charge is 0.478 e. The number of carboxylic acids is 1. The molecule has 3 nitrogen and oxygen atoms in total. The molecule has 1 aliphatic rings. The van der Waals surface area contributed by atoms with Crippen molar-refractivity contribution in [2.75, 3.05) is 0 Å². The van der Waals surface area contributed by atoms with E-state index in [0.29, 0.717) is 12.2 Å². The standard InChI is InChI=1S/C13H10O3/c14-13(15)12-7-10-9-4-2-1-3-8(9)5-6-11(10)16-12/h1-6,12H,7H2,(H,14,15)/t12-/m1/s1. The van der Waals surface area contributed by atoms with E-state index in [1.54, 1.807) is 0 Å². The Hall–Kier alpha value is -2.03. The van der Waals surface area contributed by atoms with Crippen molar-refractivity contribution in [3.05, 3.63) is 42.0 Å². The molecule has 0 aliphatic carbocycles. The Balaban J connectivity index is 2.17. The number of hydrogen-bond acceptors (Lipinski definition) is 2. The highest BCUT2D eigenvalue weighted by molar-refractivity contribution is 5.89. The second-order valence-electron chi connectivity index (χ2n) is 3.91. The molecule has 0 radical (unpaired) electrons. The van der Waals surface area contributed by atoms with Gasteiger partial charge < -0.3 is 9.84 Å². The molecule has 1 atom stereocenters. The number of carbonyl (C=O) groups is 1. The van der Waals surface area contributed by atoms with Gasteiger partial charge in [0.15, 0.2) is 6.10 Å². The minimum atomic E-state index is -0.903. The number of carboxylic acid groups (broad SMARTS) is 1. The fraction of sp³-hybridized carbons (Fsp3) is 0.154. The zero-order valence-corrected chi connectivity index (χ0v) is 8.51. The first-order chi connectivity index (χ1) is 7.75. The molecule has 0 amide bonds. The average Bonchev–Trinajstić information content (AvgIpc) is 2.73. The molecule has 2 aromatic carbocycles. The SMILES string of the molecule is O=C(O)[C@H]1Cc2c(ccc3ccccc23)O1. The van der Waals surface area contributed by atoms with E-state index in [-0.39, 0.29) is 0 Å². The van der Waals surface area contributed by atoms with Gasteiger partial charge in [-0.05, 0) is 16.8 Å². The molecule has 0 spiro atoms. The van der Waals surface area contributed by atoms with E-state index in [4.69, 9.17) is 9.84 Å². The van der Waals surface area contributed by atoms with E-state index in [2.05, 4.69) is 0 Å². The summed E-state index contributed by atoms with van der Waals surface area (Å²) in [6, 6.07) is 11.8. The molecule has 0 fully saturated rings. The van der Waals surface area contributed by atoms with Gasteiger partial charge in [-0.2, -0.15) is 0 Å². The Labute approximate surface area is 92.3 Å². The Morgan fingerprint density at radius 1 is 1.25 bits per heavy atom. The lowest BCUT2D eigenvalue weighted by atomic mass is 10.0. The number of fused-ring (bicyclic) bond motifs is 3. The van der Waals surface area contributed by atoms with Crippen LogP contribution in [0.1, 0.15) is 5.56 Å². The van der Waals surface area contributed by atoms with Crippen LogP contribution in [0.4, 0.5) is 0 Å². The molecule has 0 aromatic heterocycles. The monoisotopic (exact) mass is 214 g/mol. The summed E-state index contributed by atoms with van der Waals surface area (Å²) in [5.74, 6) is -0.202. The maximum atomic E-state index is 10.9. The third kappa shape index (κ3) is 1.25. The highest BCUT2D eigenvalue weighted by Crippen LogP contribution is 2.34. The molecule has 80 valence electrons. The number of rotatable bonds is 1. The predicted octanol–water partition coefficient (Wildman–Crippen LogP) is 2.23. The fourth-order valence-electron chi connectivity index (χ4n) is 2.15. The first-order valence-electron chi connectivity index (χ1n) is 5.16. The average molecular weight is 214 g/mol. The van der Waals surface area contributed by atoms with Gasteiger partial charge in [0, 0.05) is 12.0 Å². The van der Waals surface area contributed by atoms with Gasteiger partial charge in [0.05, 0.1) is 0 Å². The summed E-state index contributed by atoms with van der Waals surface area (Å²) in [7, 11) is 0. The summed E-state index contributed by atoms with van der Waals surface area (Å²) in [6.45, 7) is 0. The molecule has 0 bridgehead atoms. The molecule has 2 aromatic rings. The molecule has 3 rings (SSSR count). The van der Waals surface area contributed by atoms with Gasteiger partial charge >= 0.3 is 5.97 Å². The zero-order chi connectivity index (χ0) is 11.1. The maximum Gasteiger partial charge on any atom is 0.345 e. The topological polar surface area (TPSA) is 46.5 Å². The molecular formula is C13H10O3. The molecule has 0 saturated carbocycles. The van der Waals surface area contributed by atoms with Crippen molar-refractivity contribution in [2.24, 2.45) is 0 Å².